The molecule has 0 aromatic heterocycles. The first-order chi connectivity index (χ1) is 10.8. The monoisotopic (exact) mass is 371 g/mol. The average molecular weight is 372 g/mol. The van der Waals surface area contributed by atoms with Crippen molar-refractivity contribution in [3.63, 3.8) is 0 Å². The predicted octanol–water partition coefficient (Wildman–Crippen LogP) is 2.47. The summed E-state index contributed by atoms with van der Waals surface area (Å²) in [7, 11) is 0. The number of carboxylic acids is 2. The summed E-state index contributed by atoms with van der Waals surface area (Å²) in [5, 5.41) is 18.5. The van der Waals surface area contributed by atoms with Crippen LogP contribution in [0, 0.1) is 0 Å². The zero-order valence-electron chi connectivity index (χ0n) is 11.4. The van der Waals surface area contributed by atoms with Crippen molar-refractivity contribution in [2.75, 3.05) is 0 Å². The van der Waals surface area contributed by atoms with Crippen LogP contribution in [0.15, 0.2) is 29.2 Å². The highest BCUT2D eigenvalue weighted by Crippen LogP contribution is 2.34. The molecule has 1 aliphatic rings. The molecule has 0 unspecified atom stereocenters. The quantitative estimate of drug-likeness (QED) is 0.606. The highest BCUT2D eigenvalue weighted by Gasteiger charge is 2.41. The molecule has 0 radical (unpaired) electrons. The van der Waals surface area contributed by atoms with E-state index in [2.05, 4.69) is 0 Å². The SMILES string of the molecule is O=C(O)C[C@@H](C(=O)O)N1C(=O)/C(=C/c2ccc(Cl)cc2)SC1=S. The van der Waals surface area contributed by atoms with Gasteiger partial charge in [-0.25, -0.2) is 4.79 Å². The number of nitrogens with zero attached hydrogens (tertiary/aromatic N) is 1. The molecule has 0 bridgehead atoms. The lowest BCUT2D eigenvalue weighted by molar-refractivity contribution is -0.150. The smallest absolute Gasteiger partial charge is 0.327 e. The second-order valence-electron chi connectivity index (χ2n) is 4.56. The molecule has 1 aromatic rings. The number of aliphatic carboxylic acids is 2. The van der Waals surface area contributed by atoms with E-state index in [0.717, 1.165) is 16.7 Å². The van der Waals surface area contributed by atoms with Crippen molar-refractivity contribution in [3.8, 4) is 0 Å². The number of rotatable bonds is 5. The summed E-state index contributed by atoms with van der Waals surface area (Å²) in [5.74, 6) is -3.37. The molecule has 1 aliphatic heterocycles. The van der Waals surface area contributed by atoms with Crippen LogP contribution in [0.1, 0.15) is 12.0 Å². The van der Waals surface area contributed by atoms with Crippen LogP contribution in [0.4, 0.5) is 0 Å². The summed E-state index contributed by atoms with van der Waals surface area (Å²) in [5.41, 5.74) is 0.694. The third-order valence-corrected chi connectivity index (χ3v) is 4.54. The predicted molar refractivity (Wildman–Crippen MR) is 90.1 cm³/mol. The van der Waals surface area contributed by atoms with Gasteiger partial charge in [0.2, 0.25) is 0 Å². The van der Waals surface area contributed by atoms with E-state index in [1.165, 1.54) is 0 Å². The third-order valence-electron chi connectivity index (χ3n) is 2.96. The Hall–Kier alpha value is -1.90. The van der Waals surface area contributed by atoms with E-state index >= 15 is 0 Å². The molecule has 0 saturated carbocycles. The van der Waals surface area contributed by atoms with Crippen LogP contribution in [-0.4, -0.2) is 43.3 Å². The maximum absolute atomic E-state index is 12.4. The van der Waals surface area contributed by atoms with Gasteiger partial charge in [0, 0.05) is 5.02 Å². The minimum Gasteiger partial charge on any atom is -0.481 e. The Kier molecular flexibility index (Phi) is 5.40. The fraction of sp³-hybridized carbons (Fsp3) is 0.143. The van der Waals surface area contributed by atoms with Crippen LogP contribution in [0.5, 0.6) is 0 Å². The van der Waals surface area contributed by atoms with Gasteiger partial charge in [-0.3, -0.25) is 14.5 Å². The Morgan fingerprint density at radius 3 is 2.43 bits per heavy atom. The number of hydrogen-bond donors (Lipinski definition) is 2. The maximum atomic E-state index is 12.4. The number of carbonyl (C=O) groups is 3. The van der Waals surface area contributed by atoms with Gasteiger partial charge in [-0.05, 0) is 23.8 Å². The van der Waals surface area contributed by atoms with Gasteiger partial charge in [-0.1, -0.05) is 47.7 Å². The van der Waals surface area contributed by atoms with Crippen molar-refractivity contribution < 1.29 is 24.6 Å². The largest absolute Gasteiger partial charge is 0.481 e. The van der Waals surface area contributed by atoms with Crippen molar-refractivity contribution >= 4 is 63.8 Å². The molecule has 0 aliphatic carbocycles. The highest BCUT2D eigenvalue weighted by molar-refractivity contribution is 8.26. The molecule has 9 heteroatoms. The van der Waals surface area contributed by atoms with Crippen LogP contribution >= 0.6 is 35.6 Å². The maximum Gasteiger partial charge on any atom is 0.327 e. The molecule has 2 rings (SSSR count). The van der Waals surface area contributed by atoms with Gasteiger partial charge < -0.3 is 10.2 Å². The second-order valence-corrected chi connectivity index (χ2v) is 6.67. The Labute approximate surface area is 145 Å². The first kappa shape index (κ1) is 17.5. The molecule has 0 spiro atoms. The molecule has 2 N–H and O–H groups in total. The molecule has 23 heavy (non-hydrogen) atoms. The minimum atomic E-state index is -1.53. The van der Waals surface area contributed by atoms with E-state index in [4.69, 9.17) is 34.0 Å². The van der Waals surface area contributed by atoms with Gasteiger partial charge in [0.1, 0.15) is 10.4 Å². The summed E-state index contributed by atoms with van der Waals surface area (Å²) in [6.45, 7) is 0. The van der Waals surface area contributed by atoms with Crippen molar-refractivity contribution in [1.29, 1.82) is 0 Å². The molecule has 1 saturated heterocycles. The average Bonchev–Trinajstić information content (AvgIpc) is 2.73. The molecule has 1 heterocycles. The zero-order chi connectivity index (χ0) is 17.1. The lowest BCUT2D eigenvalue weighted by Crippen LogP contribution is -2.45. The van der Waals surface area contributed by atoms with Crippen LogP contribution in [-0.2, 0) is 14.4 Å². The zero-order valence-corrected chi connectivity index (χ0v) is 13.8. The van der Waals surface area contributed by atoms with Crippen molar-refractivity contribution in [3.05, 3.63) is 39.8 Å². The van der Waals surface area contributed by atoms with Crippen molar-refractivity contribution in [1.82, 2.24) is 4.90 Å². The Morgan fingerprint density at radius 2 is 1.91 bits per heavy atom. The minimum absolute atomic E-state index is 0.0175. The fourth-order valence-corrected chi connectivity index (χ4v) is 3.40. The topological polar surface area (TPSA) is 94.9 Å². The first-order valence-electron chi connectivity index (χ1n) is 6.27. The van der Waals surface area contributed by atoms with Gasteiger partial charge in [-0.15, -0.1) is 0 Å². The molecule has 120 valence electrons. The number of carboxylic acid groups (broad SMARTS) is 2. The number of thioether (sulfide) groups is 1. The first-order valence-corrected chi connectivity index (χ1v) is 7.87. The van der Waals surface area contributed by atoms with Crippen LogP contribution in [0.25, 0.3) is 6.08 Å². The van der Waals surface area contributed by atoms with Gasteiger partial charge in [0.25, 0.3) is 5.91 Å². The fourth-order valence-electron chi connectivity index (χ4n) is 1.91. The van der Waals surface area contributed by atoms with E-state index in [0.29, 0.717) is 10.6 Å². The van der Waals surface area contributed by atoms with E-state index in [-0.39, 0.29) is 9.23 Å². The molecule has 1 amide bonds. The highest BCUT2D eigenvalue weighted by atomic mass is 35.5. The molecule has 1 fully saturated rings. The third kappa shape index (κ3) is 4.10. The molecule has 1 atom stereocenters. The molecule has 6 nitrogen and oxygen atoms in total. The normalized spacial score (nSPS) is 17.6. The molecular weight excluding hydrogens is 362 g/mol. The van der Waals surface area contributed by atoms with Crippen LogP contribution in [0.2, 0.25) is 5.02 Å². The Balaban J connectivity index is 2.30. The summed E-state index contributed by atoms with van der Waals surface area (Å²) in [4.78, 5) is 35.5. The van der Waals surface area contributed by atoms with E-state index in [1.807, 2.05) is 0 Å². The summed E-state index contributed by atoms with van der Waals surface area (Å²) in [6.07, 6.45) is 0.825. The van der Waals surface area contributed by atoms with Gasteiger partial charge >= 0.3 is 11.9 Å². The number of carbonyl (C=O) groups excluding carboxylic acids is 1. The number of amides is 1. The van der Waals surface area contributed by atoms with E-state index in [9.17, 15) is 14.4 Å². The standard InChI is InChI=1S/C14H10ClNO5S2/c15-8-3-1-7(2-4-8)5-10-12(19)16(14(22)23-10)9(13(20)21)6-11(17)18/h1-5,9H,6H2,(H,17,18)(H,20,21)/b10-5-/t9-/m0/s1. The second kappa shape index (κ2) is 7.12. The molecular formula is C14H10ClNO5S2. The van der Waals surface area contributed by atoms with Crippen molar-refractivity contribution in [2.24, 2.45) is 0 Å². The number of benzene rings is 1. The van der Waals surface area contributed by atoms with Gasteiger partial charge in [-0.2, -0.15) is 0 Å². The number of thiocarbonyl (C=S) groups is 1. The Bertz CT molecular complexity index is 716. The number of hydrogen-bond acceptors (Lipinski definition) is 5. The van der Waals surface area contributed by atoms with E-state index < -0.39 is 30.3 Å². The summed E-state index contributed by atoms with van der Waals surface area (Å²) in [6, 6.07) is 5.16. The molecule has 1 aromatic carbocycles. The van der Waals surface area contributed by atoms with Gasteiger partial charge in [0.05, 0.1) is 11.3 Å². The Morgan fingerprint density at radius 1 is 1.30 bits per heavy atom. The summed E-state index contributed by atoms with van der Waals surface area (Å²) < 4.78 is 0.0175. The van der Waals surface area contributed by atoms with Crippen molar-refractivity contribution in [2.45, 2.75) is 12.5 Å². The van der Waals surface area contributed by atoms with E-state index in [1.54, 1.807) is 30.3 Å². The number of halogens is 1. The summed E-state index contributed by atoms with van der Waals surface area (Å²) >= 11 is 11.7. The van der Waals surface area contributed by atoms with Crippen LogP contribution < -0.4 is 0 Å². The van der Waals surface area contributed by atoms with Crippen LogP contribution in [0.3, 0.4) is 0 Å². The van der Waals surface area contributed by atoms with Gasteiger partial charge in [0.15, 0.2) is 0 Å². The lowest BCUT2D eigenvalue weighted by atomic mass is 10.1. The lowest BCUT2D eigenvalue weighted by Gasteiger charge is -2.21.